The van der Waals surface area contributed by atoms with E-state index in [0.717, 1.165) is 23.8 Å². The smallest absolute Gasteiger partial charge is 0.416 e. The highest BCUT2D eigenvalue weighted by Gasteiger charge is 2.35. The van der Waals surface area contributed by atoms with Gasteiger partial charge < -0.3 is 24.6 Å². The molecule has 2 saturated heterocycles. The van der Waals surface area contributed by atoms with Gasteiger partial charge in [-0.15, -0.1) is 5.10 Å². The number of benzene rings is 1. The summed E-state index contributed by atoms with van der Waals surface area (Å²) in [5, 5.41) is 17.6. The molecule has 50 heavy (non-hydrogen) atoms. The van der Waals surface area contributed by atoms with E-state index in [1.807, 2.05) is 11.8 Å². The minimum Gasteiger partial charge on any atom is -0.504 e. The number of ether oxygens (including phenoxy) is 1. The van der Waals surface area contributed by atoms with Gasteiger partial charge >= 0.3 is 6.18 Å². The third-order valence-electron chi connectivity index (χ3n) is 9.48. The number of rotatable bonds is 8. The fraction of sp³-hybridized carbons (Fsp3) is 0.424. The predicted molar refractivity (Wildman–Crippen MR) is 181 cm³/mol. The molecule has 0 bridgehead atoms. The molecule has 264 valence electrons. The van der Waals surface area contributed by atoms with E-state index in [-0.39, 0.29) is 45.3 Å². The zero-order valence-corrected chi connectivity index (χ0v) is 28.4. The van der Waals surface area contributed by atoms with Crippen molar-refractivity contribution in [1.29, 1.82) is 0 Å². The van der Waals surface area contributed by atoms with Crippen molar-refractivity contribution >= 4 is 51.8 Å². The molecule has 7 rings (SSSR count). The van der Waals surface area contributed by atoms with E-state index in [1.54, 1.807) is 4.57 Å². The normalized spacial score (nSPS) is 19.6. The number of halogens is 5. The standard InChI is InChI=1S/C33H33Cl2F3N8O4/c1-2-26-28(44-9-7-43(8-10-44)14-25-29(48)22(34)5-6-39-25)31(49)46-32(41-30(42-46)18-11-19-16-50-17-20(19)12-18)45(26)15-27(47)40-24-4-3-21(13-23(24)35)33(36,37)38/h3-6,11,13,19-20,48H,2,7-10,12,14-17H2,1H3,(H,40,47). The van der Waals surface area contributed by atoms with Gasteiger partial charge in [0.05, 0.1) is 45.9 Å². The van der Waals surface area contributed by atoms with Gasteiger partial charge in [0, 0.05) is 44.8 Å². The first-order chi connectivity index (χ1) is 23.9. The van der Waals surface area contributed by atoms with Crippen LogP contribution in [-0.4, -0.2) is 79.5 Å². The van der Waals surface area contributed by atoms with Crippen LogP contribution in [0.5, 0.6) is 5.75 Å². The lowest BCUT2D eigenvalue weighted by Crippen LogP contribution is -2.48. The number of allylic oxidation sites excluding steroid dienone is 1. The second kappa shape index (κ2) is 13.5. The second-order valence-electron chi connectivity index (χ2n) is 12.6. The number of aromatic nitrogens is 5. The summed E-state index contributed by atoms with van der Waals surface area (Å²) in [6, 6.07) is 4.23. The molecule has 2 unspecified atom stereocenters. The Balaban J connectivity index is 1.22. The molecule has 3 aliphatic rings. The van der Waals surface area contributed by atoms with Crippen molar-refractivity contribution in [3.8, 4) is 5.75 Å². The molecule has 4 aromatic rings. The third-order valence-corrected chi connectivity index (χ3v) is 10.1. The molecular weight excluding hydrogens is 700 g/mol. The largest absolute Gasteiger partial charge is 0.504 e. The number of anilines is 2. The molecule has 17 heteroatoms. The summed E-state index contributed by atoms with van der Waals surface area (Å²) in [4.78, 5) is 40.9. The van der Waals surface area contributed by atoms with Crippen molar-refractivity contribution in [2.45, 2.75) is 39.0 Å². The Morgan fingerprint density at radius 1 is 1.12 bits per heavy atom. The predicted octanol–water partition coefficient (Wildman–Crippen LogP) is 4.89. The lowest BCUT2D eigenvalue weighted by Gasteiger charge is -2.36. The first-order valence-corrected chi connectivity index (χ1v) is 16.9. The van der Waals surface area contributed by atoms with Gasteiger partial charge in [-0.1, -0.05) is 36.2 Å². The fourth-order valence-corrected chi connectivity index (χ4v) is 7.30. The Kier molecular flexibility index (Phi) is 9.26. The molecule has 2 fully saturated rings. The van der Waals surface area contributed by atoms with Crippen molar-refractivity contribution in [2.24, 2.45) is 11.8 Å². The van der Waals surface area contributed by atoms with Crippen LogP contribution in [-0.2, 0) is 35.2 Å². The number of hydrogen-bond donors (Lipinski definition) is 2. The minimum atomic E-state index is -4.59. The molecule has 0 saturated carbocycles. The highest BCUT2D eigenvalue weighted by Crippen LogP contribution is 2.39. The van der Waals surface area contributed by atoms with Crippen LogP contribution < -0.4 is 15.8 Å². The van der Waals surface area contributed by atoms with Crippen LogP contribution in [0, 0.1) is 11.8 Å². The van der Waals surface area contributed by atoms with Gasteiger partial charge in [0.25, 0.3) is 5.56 Å². The molecule has 2 atom stereocenters. The summed E-state index contributed by atoms with van der Waals surface area (Å²) >= 11 is 12.2. The van der Waals surface area contributed by atoms with Gasteiger partial charge in [0.2, 0.25) is 11.7 Å². The number of alkyl halides is 3. The number of amides is 1. The van der Waals surface area contributed by atoms with Crippen LogP contribution in [0.15, 0.2) is 41.3 Å². The highest BCUT2D eigenvalue weighted by molar-refractivity contribution is 6.33. The monoisotopic (exact) mass is 732 g/mol. The van der Waals surface area contributed by atoms with Crippen LogP contribution in [0.4, 0.5) is 24.5 Å². The maximum atomic E-state index is 14.3. The molecule has 1 amide bonds. The number of nitrogens with one attached hydrogen (secondary N) is 1. The summed E-state index contributed by atoms with van der Waals surface area (Å²) in [6.07, 6.45) is 0.103. The van der Waals surface area contributed by atoms with Crippen LogP contribution in [0.3, 0.4) is 0 Å². The van der Waals surface area contributed by atoms with Crippen molar-refractivity contribution < 1.29 is 27.8 Å². The molecular formula is C33H33Cl2F3N8O4. The van der Waals surface area contributed by atoms with Crippen molar-refractivity contribution in [2.75, 3.05) is 49.6 Å². The summed E-state index contributed by atoms with van der Waals surface area (Å²) in [6.45, 7) is 5.18. The number of fused-ring (bicyclic) bond motifs is 2. The van der Waals surface area contributed by atoms with Crippen molar-refractivity contribution in [1.82, 2.24) is 29.0 Å². The van der Waals surface area contributed by atoms with Crippen molar-refractivity contribution in [3.05, 3.63) is 79.7 Å². The lowest BCUT2D eigenvalue weighted by molar-refractivity contribution is -0.137. The Labute approximate surface area is 294 Å². The topological polar surface area (TPSA) is 130 Å². The van der Waals surface area contributed by atoms with E-state index in [9.17, 15) is 27.9 Å². The van der Waals surface area contributed by atoms with E-state index < -0.39 is 17.6 Å². The molecule has 2 aliphatic heterocycles. The molecule has 2 N–H and O–H groups in total. The molecule has 1 aliphatic carbocycles. The Bertz CT molecular complexity index is 2060. The van der Waals surface area contributed by atoms with Crippen LogP contribution in [0.2, 0.25) is 10.0 Å². The fourth-order valence-electron chi connectivity index (χ4n) is 6.90. The maximum absolute atomic E-state index is 14.3. The number of aromatic hydroxyl groups is 1. The van der Waals surface area contributed by atoms with Gasteiger partial charge in [-0.05, 0) is 48.6 Å². The zero-order valence-electron chi connectivity index (χ0n) is 26.9. The number of piperazine rings is 1. The Hall–Kier alpha value is -4.18. The van der Waals surface area contributed by atoms with Gasteiger partial charge in [-0.3, -0.25) is 19.5 Å². The number of carbonyl (C=O) groups is 1. The number of hydrogen-bond acceptors (Lipinski definition) is 9. The average molecular weight is 734 g/mol. The van der Waals surface area contributed by atoms with E-state index in [1.165, 1.54) is 16.8 Å². The van der Waals surface area contributed by atoms with Crippen LogP contribution in [0.1, 0.15) is 36.1 Å². The van der Waals surface area contributed by atoms with E-state index in [2.05, 4.69) is 26.4 Å². The molecule has 3 aromatic heterocycles. The molecule has 0 radical (unpaired) electrons. The molecule has 1 aromatic carbocycles. The quantitative estimate of drug-likeness (QED) is 0.260. The SMILES string of the molecule is CCc1c(N2CCN(Cc3nccc(Cl)c3O)CC2)c(=O)n2nc(C3=CC4COCC4C3)nc2n1CC(=O)Nc1ccc(C(F)(F)F)cc1Cl. The second-order valence-corrected chi connectivity index (χ2v) is 13.5. The summed E-state index contributed by atoms with van der Waals surface area (Å²) in [5.41, 5.74) is 1.01. The summed E-state index contributed by atoms with van der Waals surface area (Å²) in [7, 11) is 0. The number of pyridine rings is 1. The molecule has 0 spiro atoms. The Morgan fingerprint density at radius 2 is 1.90 bits per heavy atom. The van der Waals surface area contributed by atoms with E-state index in [4.69, 9.17) is 32.9 Å². The van der Waals surface area contributed by atoms with Gasteiger partial charge in [-0.2, -0.15) is 22.7 Å². The Morgan fingerprint density at radius 3 is 2.60 bits per heavy atom. The van der Waals surface area contributed by atoms with Crippen LogP contribution in [0.25, 0.3) is 11.4 Å². The lowest BCUT2D eigenvalue weighted by atomic mass is 10.00. The molecule has 5 heterocycles. The van der Waals surface area contributed by atoms with Gasteiger partial charge in [0.15, 0.2) is 11.6 Å². The van der Waals surface area contributed by atoms with E-state index >= 15 is 0 Å². The van der Waals surface area contributed by atoms with E-state index in [0.29, 0.717) is 87.6 Å². The third kappa shape index (κ3) is 6.54. The highest BCUT2D eigenvalue weighted by atomic mass is 35.5. The summed E-state index contributed by atoms with van der Waals surface area (Å²) in [5.74, 6) is 0.495. The number of nitrogens with zero attached hydrogens (tertiary/aromatic N) is 7. The first kappa shape index (κ1) is 34.3. The van der Waals surface area contributed by atoms with Gasteiger partial charge in [-0.25, -0.2) is 0 Å². The van der Waals surface area contributed by atoms with Crippen molar-refractivity contribution in [3.63, 3.8) is 0 Å². The summed E-state index contributed by atoms with van der Waals surface area (Å²) < 4.78 is 48.1. The maximum Gasteiger partial charge on any atom is 0.416 e. The number of carbonyl (C=O) groups excluding carboxylic acids is 1. The van der Waals surface area contributed by atoms with Gasteiger partial charge in [0.1, 0.15) is 12.2 Å². The molecule has 12 nitrogen and oxygen atoms in total. The zero-order chi connectivity index (χ0) is 35.3. The minimum absolute atomic E-state index is 0.0170. The average Bonchev–Trinajstić information content (AvgIpc) is 3.81. The first-order valence-electron chi connectivity index (χ1n) is 16.2. The van der Waals surface area contributed by atoms with Crippen LogP contribution >= 0.6 is 23.2 Å².